The molecule has 0 aliphatic rings. The largest absolute Gasteiger partial charge is 0.416 e. The van der Waals surface area contributed by atoms with Crippen molar-refractivity contribution in [2.24, 2.45) is 5.73 Å². The van der Waals surface area contributed by atoms with Crippen LogP contribution in [0.4, 0.5) is 17.6 Å². The van der Waals surface area contributed by atoms with E-state index in [0.717, 1.165) is 18.2 Å². The van der Waals surface area contributed by atoms with Gasteiger partial charge < -0.3 is 15.8 Å². The van der Waals surface area contributed by atoms with Crippen LogP contribution < -0.4 is 11.1 Å². The van der Waals surface area contributed by atoms with Gasteiger partial charge in [0, 0.05) is 26.6 Å². The number of hydrogen-bond acceptors (Lipinski definition) is 3. The van der Waals surface area contributed by atoms with E-state index < -0.39 is 29.6 Å². The summed E-state index contributed by atoms with van der Waals surface area (Å²) < 4.78 is 55.8. The molecule has 0 fully saturated rings. The van der Waals surface area contributed by atoms with Crippen LogP contribution in [-0.4, -0.2) is 32.2 Å². The molecular weight excluding hydrogens is 316 g/mol. The van der Waals surface area contributed by atoms with Crippen LogP contribution in [0.5, 0.6) is 0 Å². The Kier molecular flexibility index (Phi) is 7.18. The number of ether oxygens (including phenoxy) is 1. The van der Waals surface area contributed by atoms with Gasteiger partial charge in [0.15, 0.2) is 0 Å². The van der Waals surface area contributed by atoms with E-state index in [1.165, 1.54) is 19.2 Å². The molecule has 0 aliphatic heterocycles. The zero-order chi connectivity index (χ0) is 17.5. The minimum Gasteiger partial charge on any atom is -0.371 e. The Morgan fingerprint density at radius 3 is 2.70 bits per heavy atom. The fourth-order valence-electron chi connectivity index (χ4n) is 1.83. The molecule has 0 radical (unpaired) electrons. The van der Waals surface area contributed by atoms with Crippen LogP contribution in [0.3, 0.4) is 0 Å². The second-order valence-corrected chi connectivity index (χ2v) is 4.73. The van der Waals surface area contributed by atoms with Crippen LogP contribution in [0.25, 0.3) is 0 Å². The Labute approximate surface area is 131 Å². The van der Waals surface area contributed by atoms with E-state index in [1.54, 1.807) is 0 Å². The highest BCUT2D eigenvalue weighted by molar-refractivity contribution is 5.81. The van der Waals surface area contributed by atoms with Gasteiger partial charge in [-0.15, -0.1) is 0 Å². The molecular formula is C15H18F4N2O2. The third-order valence-corrected chi connectivity index (χ3v) is 3.05. The lowest BCUT2D eigenvalue weighted by Gasteiger charge is -2.16. The number of nitrogens with two attached hydrogens (primary N) is 1. The third kappa shape index (κ3) is 6.37. The summed E-state index contributed by atoms with van der Waals surface area (Å²) in [6.45, 7) is -0.349. The number of hydrogen-bond donors (Lipinski definition) is 2. The van der Waals surface area contributed by atoms with Crippen molar-refractivity contribution in [1.82, 2.24) is 5.32 Å². The molecule has 23 heavy (non-hydrogen) atoms. The summed E-state index contributed by atoms with van der Waals surface area (Å²) in [5.74, 6) is -1.12. The van der Waals surface area contributed by atoms with Crippen LogP contribution in [0, 0.1) is 0 Å². The Morgan fingerprint density at radius 2 is 2.13 bits per heavy atom. The molecule has 3 N–H and O–H groups in total. The van der Waals surface area contributed by atoms with Crippen molar-refractivity contribution >= 4 is 5.91 Å². The fraction of sp³-hybridized carbons (Fsp3) is 0.400. The Bertz CT molecular complexity index is 559. The van der Waals surface area contributed by atoms with Crippen molar-refractivity contribution in [3.63, 3.8) is 0 Å². The molecule has 0 bridgehead atoms. The molecule has 1 aromatic carbocycles. The Balaban J connectivity index is 2.71. The summed E-state index contributed by atoms with van der Waals surface area (Å²) in [4.78, 5) is 11.9. The van der Waals surface area contributed by atoms with Crippen LogP contribution in [-0.2, 0) is 22.1 Å². The molecule has 0 aliphatic carbocycles. The smallest absolute Gasteiger partial charge is 0.371 e. The zero-order valence-electron chi connectivity index (χ0n) is 12.5. The molecule has 1 amide bonds. The number of alkyl halides is 3. The molecule has 0 saturated carbocycles. The van der Waals surface area contributed by atoms with E-state index in [9.17, 15) is 22.4 Å². The standard InChI is InChI=1S/C15H18F4N2O2/c1-23-13(14(22)21-6-5-12(16)9-20)8-10-3-2-4-11(7-10)15(17,18)19/h2-5,7,13H,6,8-9,20H2,1H3,(H,21,22). The average molecular weight is 334 g/mol. The second kappa shape index (κ2) is 8.64. The number of carbonyl (C=O) groups excluding carboxylic acids is 1. The van der Waals surface area contributed by atoms with Crippen LogP contribution >= 0.6 is 0 Å². The Hall–Kier alpha value is -1.93. The van der Waals surface area contributed by atoms with Gasteiger partial charge in [0.2, 0.25) is 5.91 Å². The predicted octanol–water partition coefficient (Wildman–Crippen LogP) is 2.19. The number of rotatable bonds is 7. The maximum absolute atomic E-state index is 12.8. The molecule has 1 unspecified atom stereocenters. The number of nitrogens with one attached hydrogen (secondary N) is 1. The Morgan fingerprint density at radius 1 is 1.43 bits per heavy atom. The topological polar surface area (TPSA) is 64.3 Å². The number of methoxy groups -OCH3 is 1. The van der Waals surface area contributed by atoms with Crippen LogP contribution in [0.15, 0.2) is 36.2 Å². The van der Waals surface area contributed by atoms with Crippen molar-refractivity contribution in [1.29, 1.82) is 0 Å². The third-order valence-electron chi connectivity index (χ3n) is 3.05. The lowest BCUT2D eigenvalue weighted by atomic mass is 10.0. The summed E-state index contributed by atoms with van der Waals surface area (Å²) in [7, 11) is 1.27. The highest BCUT2D eigenvalue weighted by atomic mass is 19.4. The first kappa shape index (κ1) is 19.1. The molecule has 0 saturated heterocycles. The van der Waals surface area contributed by atoms with Crippen molar-refractivity contribution in [2.45, 2.75) is 18.7 Å². The second-order valence-electron chi connectivity index (χ2n) is 4.73. The average Bonchev–Trinajstić information content (AvgIpc) is 2.51. The molecule has 0 aromatic heterocycles. The number of benzene rings is 1. The number of amides is 1. The molecule has 128 valence electrons. The molecule has 1 rings (SSSR count). The minimum absolute atomic E-state index is 0.0324. The highest BCUT2D eigenvalue weighted by Gasteiger charge is 2.30. The lowest BCUT2D eigenvalue weighted by molar-refractivity contribution is -0.137. The lowest BCUT2D eigenvalue weighted by Crippen LogP contribution is -2.37. The highest BCUT2D eigenvalue weighted by Crippen LogP contribution is 2.29. The molecule has 4 nitrogen and oxygen atoms in total. The van der Waals surface area contributed by atoms with E-state index in [2.05, 4.69) is 5.32 Å². The quantitative estimate of drug-likeness (QED) is 0.752. The van der Waals surface area contributed by atoms with Gasteiger partial charge in [0.05, 0.1) is 5.56 Å². The zero-order valence-corrected chi connectivity index (χ0v) is 12.5. The van der Waals surface area contributed by atoms with Gasteiger partial charge in [-0.1, -0.05) is 18.2 Å². The monoisotopic (exact) mass is 334 g/mol. The van der Waals surface area contributed by atoms with Gasteiger partial charge in [-0.25, -0.2) is 4.39 Å². The van der Waals surface area contributed by atoms with Crippen molar-refractivity contribution in [2.75, 3.05) is 20.2 Å². The summed E-state index contributed by atoms with van der Waals surface area (Å²) >= 11 is 0. The van der Waals surface area contributed by atoms with E-state index in [0.29, 0.717) is 5.56 Å². The van der Waals surface area contributed by atoms with E-state index in [1.807, 2.05) is 0 Å². The van der Waals surface area contributed by atoms with Gasteiger partial charge in [-0.2, -0.15) is 13.2 Å². The molecule has 0 spiro atoms. The molecule has 0 heterocycles. The summed E-state index contributed by atoms with van der Waals surface area (Å²) in [6.07, 6.45) is -4.36. The number of carbonyl (C=O) groups is 1. The molecule has 1 atom stereocenters. The SMILES string of the molecule is COC(Cc1cccc(C(F)(F)F)c1)C(=O)NCC=C(F)CN. The first-order valence-corrected chi connectivity index (χ1v) is 6.79. The van der Waals surface area contributed by atoms with E-state index in [-0.39, 0.29) is 19.5 Å². The minimum atomic E-state index is -4.45. The van der Waals surface area contributed by atoms with Gasteiger partial charge in [-0.3, -0.25) is 4.79 Å². The normalized spacial score (nSPS) is 13.7. The van der Waals surface area contributed by atoms with Gasteiger partial charge >= 0.3 is 6.18 Å². The maximum atomic E-state index is 12.8. The van der Waals surface area contributed by atoms with Crippen LogP contribution in [0.2, 0.25) is 0 Å². The maximum Gasteiger partial charge on any atom is 0.416 e. The number of halogens is 4. The fourth-order valence-corrected chi connectivity index (χ4v) is 1.83. The van der Waals surface area contributed by atoms with Crippen LogP contribution in [0.1, 0.15) is 11.1 Å². The summed E-state index contributed by atoms with van der Waals surface area (Å²) in [6, 6.07) is 4.66. The first-order chi connectivity index (χ1) is 10.8. The molecule has 8 heteroatoms. The van der Waals surface area contributed by atoms with Crippen molar-refractivity contribution in [3.05, 3.63) is 47.3 Å². The van der Waals surface area contributed by atoms with Gasteiger partial charge in [0.1, 0.15) is 11.9 Å². The van der Waals surface area contributed by atoms with E-state index >= 15 is 0 Å². The van der Waals surface area contributed by atoms with Crippen molar-refractivity contribution in [3.8, 4) is 0 Å². The van der Waals surface area contributed by atoms with Gasteiger partial charge in [-0.05, 0) is 17.7 Å². The summed E-state index contributed by atoms with van der Waals surface area (Å²) in [5, 5.41) is 2.41. The first-order valence-electron chi connectivity index (χ1n) is 6.79. The molecule has 1 aromatic rings. The van der Waals surface area contributed by atoms with E-state index in [4.69, 9.17) is 10.5 Å². The summed E-state index contributed by atoms with van der Waals surface area (Å²) in [5.41, 5.74) is 4.57. The van der Waals surface area contributed by atoms with Crippen molar-refractivity contribution < 1.29 is 27.1 Å². The predicted molar refractivity (Wildman–Crippen MR) is 77.2 cm³/mol. The van der Waals surface area contributed by atoms with Gasteiger partial charge in [0.25, 0.3) is 0 Å².